The van der Waals surface area contributed by atoms with Crippen molar-refractivity contribution in [3.63, 3.8) is 0 Å². The quantitative estimate of drug-likeness (QED) is 0.862. The first-order valence-corrected chi connectivity index (χ1v) is 8.60. The number of benzene rings is 2. The van der Waals surface area contributed by atoms with Crippen LogP contribution in [0.25, 0.3) is 0 Å². The van der Waals surface area contributed by atoms with E-state index < -0.39 is 26.7 Å². The molecule has 0 saturated carbocycles. The van der Waals surface area contributed by atoms with Crippen LogP contribution in [-0.4, -0.2) is 21.6 Å². The predicted octanol–water partition coefficient (Wildman–Crippen LogP) is 2.87. The zero-order chi connectivity index (χ0) is 18.2. The van der Waals surface area contributed by atoms with Gasteiger partial charge in [0.25, 0.3) is 0 Å². The summed E-state index contributed by atoms with van der Waals surface area (Å²) in [5.74, 6) is 1.01. The van der Waals surface area contributed by atoms with Crippen molar-refractivity contribution in [1.29, 1.82) is 0 Å². The summed E-state index contributed by atoms with van der Waals surface area (Å²) >= 11 is 0. The third-order valence-electron chi connectivity index (χ3n) is 3.42. The predicted molar refractivity (Wildman–Crippen MR) is 83.5 cm³/mol. The molecule has 6 nitrogen and oxygen atoms in total. The van der Waals surface area contributed by atoms with Gasteiger partial charge in [0.05, 0.1) is 10.5 Å². The zero-order valence-corrected chi connectivity index (χ0v) is 13.4. The van der Waals surface area contributed by atoms with Gasteiger partial charge in [-0.3, -0.25) is 0 Å². The molecule has 134 valence electrons. The Balaban J connectivity index is 1.96. The van der Waals surface area contributed by atoms with E-state index in [1.54, 1.807) is 18.2 Å². The minimum atomic E-state index is -4.87. The van der Waals surface area contributed by atoms with Crippen LogP contribution in [-0.2, 0) is 16.2 Å². The van der Waals surface area contributed by atoms with E-state index >= 15 is 0 Å². The topological polar surface area (TPSA) is 90.7 Å². The molecule has 2 aromatic carbocycles. The Morgan fingerprint density at radius 2 is 1.56 bits per heavy atom. The molecule has 10 heteroatoms. The van der Waals surface area contributed by atoms with Crippen LogP contribution in [0.3, 0.4) is 0 Å². The van der Waals surface area contributed by atoms with Crippen LogP contribution in [0.5, 0.6) is 11.5 Å². The molecule has 25 heavy (non-hydrogen) atoms. The van der Waals surface area contributed by atoms with Crippen molar-refractivity contribution in [2.75, 3.05) is 18.5 Å². The standard InChI is InChI=1S/C15H13F3N2O4S/c16-15(17,18)11-7-9(2-4-14(11)25(19,21)22)20-10-1-3-12-13(8-10)24-6-5-23-12/h1-4,7-8,20H,5-6H2,(H2,19,21,22). The van der Waals surface area contributed by atoms with Gasteiger partial charge in [0, 0.05) is 17.4 Å². The van der Waals surface area contributed by atoms with E-state index in [2.05, 4.69) is 5.32 Å². The van der Waals surface area contributed by atoms with Crippen molar-refractivity contribution in [3.8, 4) is 11.5 Å². The third kappa shape index (κ3) is 3.80. The highest BCUT2D eigenvalue weighted by atomic mass is 32.2. The molecule has 0 unspecified atom stereocenters. The van der Waals surface area contributed by atoms with E-state index in [4.69, 9.17) is 14.6 Å². The lowest BCUT2D eigenvalue weighted by molar-refractivity contribution is -0.139. The van der Waals surface area contributed by atoms with Crippen molar-refractivity contribution in [3.05, 3.63) is 42.0 Å². The highest BCUT2D eigenvalue weighted by Crippen LogP contribution is 2.37. The first-order chi connectivity index (χ1) is 11.6. The monoisotopic (exact) mass is 374 g/mol. The molecule has 0 fully saturated rings. The summed E-state index contributed by atoms with van der Waals surface area (Å²) in [7, 11) is -4.50. The molecule has 0 bridgehead atoms. The molecule has 1 heterocycles. The van der Waals surface area contributed by atoms with Crippen LogP contribution in [0, 0.1) is 0 Å². The second-order valence-electron chi connectivity index (χ2n) is 5.24. The van der Waals surface area contributed by atoms with Gasteiger partial charge in [0.15, 0.2) is 11.5 Å². The third-order valence-corrected chi connectivity index (χ3v) is 4.39. The number of ether oxygens (including phenoxy) is 2. The molecule has 3 rings (SSSR count). The molecule has 3 N–H and O–H groups in total. The minimum Gasteiger partial charge on any atom is -0.486 e. The van der Waals surface area contributed by atoms with Crippen LogP contribution < -0.4 is 19.9 Å². The van der Waals surface area contributed by atoms with Gasteiger partial charge in [-0.25, -0.2) is 13.6 Å². The van der Waals surface area contributed by atoms with Gasteiger partial charge in [-0.05, 0) is 30.3 Å². The van der Waals surface area contributed by atoms with E-state index in [0.717, 1.165) is 6.07 Å². The Bertz CT molecular complexity index is 913. The number of rotatable bonds is 3. The summed E-state index contributed by atoms with van der Waals surface area (Å²) in [5, 5.41) is 7.63. The molecular weight excluding hydrogens is 361 g/mol. The highest BCUT2D eigenvalue weighted by Gasteiger charge is 2.36. The van der Waals surface area contributed by atoms with Crippen LogP contribution >= 0.6 is 0 Å². The lowest BCUT2D eigenvalue weighted by Crippen LogP contribution is -2.19. The summed E-state index contributed by atoms with van der Waals surface area (Å²) in [5.41, 5.74) is -0.824. The van der Waals surface area contributed by atoms with Gasteiger partial charge in [-0.2, -0.15) is 13.2 Å². The van der Waals surface area contributed by atoms with E-state index in [1.165, 1.54) is 6.07 Å². The Labute approximate surface area is 141 Å². The summed E-state index contributed by atoms with van der Waals surface area (Å²) in [6.07, 6.45) is -4.87. The molecule has 1 aliphatic heterocycles. The number of fused-ring (bicyclic) bond motifs is 1. The second-order valence-corrected chi connectivity index (χ2v) is 6.77. The molecule has 0 amide bonds. The van der Waals surface area contributed by atoms with E-state index in [9.17, 15) is 21.6 Å². The molecule has 0 aliphatic carbocycles. The van der Waals surface area contributed by atoms with Gasteiger partial charge >= 0.3 is 6.18 Å². The van der Waals surface area contributed by atoms with Crippen LogP contribution in [0.4, 0.5) is 24.5 Å². The maximum Gasteiger partial charge on any atom is 0.417 e. The van der Waals surface area contributed by atoms with Crippen molar-refractivity contribution in [2.24, 2.45) is 5.14 Å². The lowest BCUT2D eigenvalue weighted by atomic mass is 10.2. The minimum absolute atomic E-state index is 0.0522. The van der Waals surface area contributed by atoms with Crippen LogP contribution in [0.1, 0.15) is 5.56 Å². The number of nitrogens with two attached hydrogens (primary N) is 1. The van der Waals surface area contributed by atoms with Crippen LogP contribution in [0.2, 0.25) is 0 Å². The highest BCUT2D eigenvalue weighted by molar-refractivity contribution is 7.89. The van der Waals surface area contributed by atoms with Gasteiger partial charge in [-0.15, -0.1) is 0 Å². The van der Waals surface area contributed by atoms with Gasteiger partial charge in [0.1, 0.15) is 13.2 Å². The number of halogens is 3. The van der Waals surface area contributed by atoms with Crippen molar-refractivity contribution >= 4 is 21.4 Å². The van der Waals surface area contributed by atoms with E-state index in [-0.39, 0.29) is 5.69 Å². The molecule has 0 radical (unpaired) electrons. The summed E-state index contributed by atoms with van der Waals surface area (Å²) in [4.78, 5) is -0.979. The van der Waals surface area contributed by atoms with E-state index in [1.807, 2.05) is 0 Å². The van der Waals surface area contributed by atoms with Gasteiger partial charge < -0.3 is 14.8 Å². The fourth-order valence-corrected chi connectivity index (χ4v) is 3.10. The van der Waals surface area contributed by atoms with E-state index in [0.29, 0.717) is 36.5 Å². The Morgan fingerprint density at radius 1 is 0.960 bits per heavy atom. The van der Waals surface area contributed by atoms with Crippen LogP contribution in [0.15, 0.2) is 41.3 Å². The van der Waals surface area contributed by atoms with Gasteiger partial charge in [-0.1, -0.05) is 0 Å². The number of primary sulfonamides is 1. The largest absolute Gasteiger partial charge is 0.486 e. The SMILES string of the molecule is NS(=O)(=O)c1ccc(Nc2ccc3c(c2)OCCO3)cc1C(F)(F)F. The number of nitrogens with one attached hydrogen (secondary N) is 1. The number of sulfonamides is 1. The van der Waals surface area contributed by atoms with Crippen molar-refractivity contribution < 1.29 is 31.1 Å². The molecule has 0 atom stereocenters. The van der Waals surface area contributed by atoms with Crippen molar-refractivity contribution in [1.82, 2.24) is 0 Å². The maximum atomic E-state index is 13.1. The number of hydrogen-bond donors (Lipinski definition) is 2. The number of anilines is 2. The van der Waals surface area contributed by atoms with Gasteiger partial charge in [0.2, 0.25) is 10.0 Å². The molecule has 2 aromatic rings. The first-order valence-electron chi connectivity index (χ1n) is 7.05. The second kappa shape index (κ2) is 6.12. The average molecular weight is 374 g/mol. The first kappa shape index (κ1) is 17.4. The fraction of sp³-hybridized carbons (Fsp3) is 0.200. The summed E-state index contributed by atoms with van der Waals surface area (Å²) in [6.45, 7) is 0.793. The molecular formula is C15H13F3N2O4S. The Morgan fingerprint density at radius 3 is 2.20 bits per heavy atom. The maximum absolute atomic E-state index is 13.1. The zero-order valence-electron chi connectivity index (χ0n) is 12.6. The summed E-state index contributed by atoms with van der Waals surface area (Å²) in [6, 6.07) is 7.52. The smallest absolute Gasteiger partial charge is 0.417 e. The number of alkyl halides is 3. The number of hydrogen-bond acceptors (Lipinski definition) is 5. The normalized spacial score (nSPS) is 14.2. The lowest BCUT2D eigenvalue weighted by Gasteiger charge is -2.19. The Kier molecular flexibility index (Phi) is 4.25. The molecule has 1 aliphatic rings. The van der Waals surface area contributed by atoms with Crippen molar-refractivity contribution in [2.45, 2.75) is 11.1 Å². The molecule has 0 saturated heterocycles. The summed E-state index contributed by atoms with van der Waals surface area (Å²) < 4.78 is 72.9. The Hall–Kier alpha value is -2.46. The molecule has 0 aromatic heterocycles. The fourth-order valence-electron chi connectivity index (χ4n) is 2.37. The average Bonchev–Trinajstić information content (AvgIpc) is 2.53. The molecule has 0 spiro atoms.